The summed E-state index contributed by atoms with van der Waals surface area (Å²) in [6.45, 7) is 2.08. The smallest absolute Gasteiger partial charge is 0.244 e. The van der Waals surface area contributed by atoms with Crippen LogP contribution in [0.25, 0.3) is 9.40 Å². The Morgan fingerprint density at radius 2 is 2.04 bits per heavy atom. The molecule has 1 amide bonds. The Kier molecular flexibility index (Phi) is 3.69. The number of hydrogen-bond donors (Lipinski definition) is 1. The quantitative estimate of drug-likeness (QED) is 0.633. The lowest BCUT2D eigenvalue weighted by Gasteiger charge is -2.07. The van der Waals surface area contributed by atoms with Crippen molar-refractivity contribution in [1.82, 2.24) is 5.43 Å². The number of nitrogens with zero attached hydrogens (tertiary/aromatic N) is 1. The van der Waals surface area contributed by atoms with Gasteiger partial charge in [0.05, 0.1) is 20.3 Å². The average Bonchev–Trinajstić information content (AvgIpc) is 2.94. The molecule has 116 valence electrons. The van der Waals surface area contributed by atoms with Gasteiger partial charge < -0.3 is 0 Å². The number of fused-ring (bicyclic) bond motifs is 3. The van der Waals surface area contributed by atoms with Gasteiger partial charge in [-0.3, -0.25) is 4.79 Å². The maximum Gasteiger partial charge on any atom is 0.244 e. The van der Waals surface area contributed by atoms with Crippen LogP contribution in [-0.2, 0) is 11.2 Å². The van der Waals surface area contributed by atoms with Crippen molar-refractivity contribution in [3.05, 3.63) is 55.2 Å². The number of benzene rings is 1. The first kappa shape index (κ1) is 15.1. The summed E-state index contributed by atoms with van der Waals surface area (Å²) in [4.78, 5) is 14.3. The maximum absolute atomic E-state index is 12.0. The summed E-state index contributed by atoms with van der Waals surface area (Å²) in [5, 5.41) is 6.54. The van der Waals surface area contributed by atoms with E-state index in [1.54, 1.807) is 34.8 Å². The molecule has 0 radical (unpaired) electrons. The molecule has 0 saturated heterocycles. The molecule has 0 atom stereocenters. The highest BCUT2D eigenvalue weighted by molar-refractivity contribution is 7.39. The maximum atomic E-state index is 12.0. The Bertz CT molecular complexity index is 988. The number of halogens is 2. The van der Waals surface area contributed by atoms with Crippen LogP contribution in [0.5, 0.6) is 0 Å². The van der Waals surface area contributed by atoms with Gasteiger partial charge >= 0.3 is 0 Å². The molecule has 2 aromatic heterocycles. The zero-order chi connectivity index (χ0) is 16.1. The van der Waals surface area contributed by atoms with E-state index in [0.717, 1.165) is 21.4 Å². The first-order valence-electron chi connectivity index (χ1n) is 6.87. The minimum Gasteiger partial charge on any atom is -0.273 e. The average molecular weight is 381 g/mol. The van der Waals surface area contributed by atoms with Gasteiger partial charge in [-0.05, 0) is 36.8 Å². The number of thiophene rings is 2. The van der Waals surface area contributed by atoms with Crippen LogP contribution in [0.4, 0.5) is 0 Å². The molecule has 3 nitrogen and oxygen atoms in total. The van der Waals surface area contributed by atoms with E-state index >= 15 is 0 Å². The molecule has 0 unspecified atom stereocenters. The molecule has 23 heavy (non-hydrogen) atoms. The van der Waals surface area contributed by atoms with E-state index in [9.17, 15) is 4.79 Å². The molecular weight excluding hydrogens is 371 g/mol. The normalized spacial score (nSPS) is 14.4. The number of carbonyl (C=O) groups excluding carboxylic acids is 1. The fraction of sp³-hybridized carbons (Fsp3) is 0.125. The summed E-state index contributed by atoms with van der Waals surface area (Å²) in [7, 11) is 0. The predicted molar refractivity (Wildman–Crippen MR) is 98.4 cm³/mol. The molecule has 1 aliphatic rings. The third kappa shape index (κ3) is 2.58. The molecule has 3 heterocycles. The van der Waals surface area contributed by atoms with E-state index in [0.29, 0.717) is 22.2 Å². The van der Waals surface area contributed by atoms with Crippen LogP contribution in [0.2, 0.25) is 10.0 Å². The molecule has 7 heteroatoms. The monoisotopic (exact) mass is 380 g/mol. The summed E-state index contributed by atoms with van der Waals surface area (Å²) in [6.07, 6.45) is 0.323. The Labute approximate surface area is 150 Å². The van der Waals surface area contributed by atoms with Crippen molar-refractivity contribution in [3.8, 4) is 0 Å². The van der Waals surface area contributed by atoms with E-state index in [4.69, 9.17) is 23.2 Å². The van der Waals surface area contributed by atoms with Crippen LogP contribution in [0.15, 0.2) is 29.4 Å². The molecule has 0 saturated carbocycles. The zero-order valence-corrected chi connectivity index (χ0v) is 15.1. The molecule has 0 bridgehead atoms. The second kappa shape index (κ2) is 5.60. The van der Waals surface area contributed by atoms with Crippen molar-refractivity contribution in [2.24, 2.45) is 5.10 Å². The second-order valence-electron chi connectivity index (χ2n) is 5.26. The Balaban J connectivity index is 1.97. The lowest BCUT2D eigenvalue weighted by atomic mass is 10.0. The number of hydrazone groups is 1. The van der Waals surface area contributed by atoms with E-state index in [1.165, 1.54) is 8.89 Å². The number of nitrogens with one attached hydrogen (secondary N) is 1. The fourth-order valence-electron chi connectivity index (χ4n) is 2.66. The lowest BCUT2D eigenvalue weighted by Crippen LogP contribution is -2.18. The SMILES string of the molecule is Cc1cc2c3c(sc2s1)C(c1ccc(Cl)cc1Cl)=NNC(=O)C3. The van der Waals surface area contributed by atoms with Crippen LogP contribution >= 0.6 is 45.9 Å². The van der Waals surface area contributed by atoms with Crippen LogP contribution in [-0.4, -0.2) is 11.6 Å². The summed E-state index contributed by atoms with van der Waals surface area (Å²) in [5.41, 5.74) is 5.09. The fourth-order valence-corrected chi connectivity index (χ4v) is 5.76. The molecule has 0 spiro atoms. The van der Waals surface area contributed by atoms with Crippen molar-refractivity contribution < 1.29 is 4.79 Å². The van der Waals surface area contributed by atoms with Gasteiger partial charge in [-0.25, -0.2) is 5.43 Å². The molecule has 0 fully saturated rings. The van der Waals surface area contributed by atoms with Crippen LogP contribution in [0.1, 0.15) is 20.9 Å². The van der Waals surface area contributed by atoms with Gasteiger partial charge in [0.25, 0.3) is 0 Å². The van der Waals surface area contributed by atoms with Crippen LogP contribution in [0, 0.1) is 6.92 Å². The van der Waals surface area contributed by atoms with Gasteiger partial charge in [0.2, 0.25) is 5.91 Å². The number of amides is 1. The molecule has 1 aromatic carbocycles. The number of rotatable bonds is 1. The summed E-state index contributed by atoms with van der Waals surface area (Å²) in [5.74, 6) is -0.116. The second-order valence-corrected chi connectivity index (χ2v) is 8.64. The van der Waals surface area contributed by atoms with E-state index in [2.05, 4.69) is 23.5 Å². The Hall–Kier alpha value is -1.40. The van der Waals surface area contributed by atoms with Crippen molar-refractivity contribution in [3.63, 3.8) is 0 Å². The molecule has 1 N–H and O–H groups in total. The molecule has 1 aliphatic heterocycles. The topological polar surface area (TPSA) is 41.5 Å². The third-order valence-electron chi connectivity index (χ3n) is 3.65. The summed E-state index contributed by atoms with van der Waals surface area (Å²) < 4.78 is 1.21. The third-order valence-corrected chi connectivity index (χ3v) is 6.59. The van der Waals surface area contributed by atoms with E-state index in [-0.39, 0.29) is 5.91 Å². The van der Waals surface area contributed by atoms with Gasteiger partial charge in [-0.1, -0.05) is 23.2 Å². The van der Waals surface area contributed by atoms with Crippen molar-refractivity contribution in [2.45, 2.75) is 13.3 Å². The van der Waals surface area contributed by atoms with Crippen LogP contribution in [0.3, 0.4) is 0 Å². The number of aryl methyl sites for hydroxylation is 1. The van der Waals surface area contributed by atoms with E-state index < -0.39 is 0 Å². The summed E-state index contributed by atoms with van der Waals surface area (Å²) >= 11 is 15.7. The first-order chi connectivity index (χ1) is 11.0. The predicted octanol–water partition coefficient (Wildman–Crippen LogP) is 5.00. The number of hydrogen-bond acceptors (Lipinski definition) is 4. The Morgan fingerprint density at radius 3 is 2.83 bits per heavy atom. The number of carbonyl (C=O) groups is 1. The Morgan fingerprint density at radius 1 is 1.22 bits per heavy atom. The van der Waals surface area contributed by atoms with Crippen molar-refractivity contribution >= 4 is 66.9 Å². The highest BCUT2D eigenvalue weighted by Crippen LogP contribution is 2.40. The van der Waals surface area contributed by atoms with Crippen LogP contribution < -0.4 is 5.43 Å². The van der Waals surface area contributed by atoms with Crippen molar-refractivity contribution in [1.29, 1.82) is 0 Å². The molecular formula is C16H10Cl2N2OS2. The standard InChI is InChI=1S/C16H10Cl2N2OS2/c1-7-4-11-10-6-13(21)19-20-14(15(10)23-16(11)22-7)9-3-2-8(17)5-12(9)18/h2-5H,6H2,1H3,(H,19,21). The minimum absolute atomic E-state index is 0.116. The molecule has 4 rings (SSSR count). The lowest BCUT2D eigenvalue weighted by molar-refractivity contribution is -0.120. The van der Waals surface area contributed by atoms with Gasteiger partial charge in [0.1, 0.15) is 5.71 Å². The summed E-state index contributed by atoms with van der Waals surface area (Å²) in [6, 6.07) is 7.43. The highest BCUT2D eigenvalue weighted by Gasteiger charge is 2.25. The zero-order valence-electron chi connectivity index (χ0n) is 11.9. The molecule has 3 aromatic rings. The van der Waals surface area contributed by atoms with Crippen molar-refractivity contribution in [2.75, 3.05) is 0 Å². The largest absolute Gasteiger partial charge is 0.273 e. The van der Waals surface area contributed by atoms with Gasteiger partial charge in [0.15, 0.2) is 0 Å². The molecule has 0 aliphatic carbocycles. The van der Waals surface area contributed by atoms with E-state index in [1.807, 2.05) is 6.07 Å². The first-order valence-corrected chi connectivity index (χ1v) is 9.26. The minimum atomic E-state index is -0.116. The highest BCUT2D eigenvalue weighted by atomic mass is 35.5. The van der Waals surface area contributed by atoms with Gasteiger partial charge in [-0.2, -0.15) is 5.10 Å². The van der Waals surface area contributed by atoms with Gasteiger partial charge in [0, 0.05) is 20.8 Å². The van der Waals surface area contributed by atoms with Gasteiger partial charge in [-0.15, -0.1) is 22.7 Å².